The summed E-state index contributed by atoms with van der Waals surface area (Å²) in [5.74, 6) is 0.850. The monoisotopic (exact) mass is 175 g/mol. The van der Waals surface area contributed by atoms with Crippen molar-refractivity contribution >= 4 is 10.9 Å². The van der Waals surface area contributed by atoms with Crippen molar-refractivity contribution in [2.75, 3.05) is 6.61 Å². The van der Waals surface area contributed by atoms with Crippen molar-refractivity contribution in [1.82, 2.24) is 4.98 Å². The minimum atomic E-state index is 0.700. The number of rotatable bonds is 2. The second-order valence-electron chi connectivity index (χ2n) is 3.16. The van der Waals surface area contributed by atoms with E-state index in [9.17, 15) is 0 Å². The third kappa shape index (κ3) is 1.52. The number of fused-ring (bicyclic) bond motifs is 1. The van der Waals surface area contributed by atoms with Gasteiger partial charge in [-0.25, -0.2) is 0 Å². The van der Waals surface area contributed by atoms with Gasteiger partial charge in [-0.2, -0.15) is 0 Å². The Morgan fingerprint density at radius 1 is 1.31 bits per heavy atom. The molecule has 68 valence electrons. The third-order valence-corrected chi connectivity index (χ3v) is 2.05. The molecule has 13 heavy (non-hydrogen) atoms. The molecule has 2 rings (SSSR count). The highest BCUT2D eigenvalue weighted by atomic mass is 16.5. The molecule has 0 amide bonds. The Labute approximate surface area is 77.5 Å². The van der Waals surface area contributed by atoms with Crippen molar-refractivity contribution in [2.45, 2.75) is 13.8 Å². The molecule has 0 aliphatic rings. The molecule has 0 spiro atoms. The first-order valence-electron chi connectivity index (χ1n) is 4.52. The first-order valence-corrected chi connectivity index (χ1v) is 4.52. The minimum Gasteiger partial charge on any atom is -0.479 e. The van der Waals surface area contributed by atoms with Gasteiger partial charge in [0.25, 0.3) is 0 Å². The summed E-state index contributed by atoms with van der Waals surface area (Å²) in [5, 5.41) is 1.21. The number of H-pyrrole nitrogens is 1. The van der Waals surface area contributed by atoms with Crippen LogP contribution >= 0.6 is 0 Å². The van der Waals surface area contributed by atoms with Crippen LogP contribution in [0.1, 0.15) is 12.5 Å². The van der Waals surface area contributed by atoms with Gasteiger partial charge < -0.3 is 9.72 Å². The van der Waals surface area contributed by atoms with Crippen LogP contribution in [0.25, 0.3) is 10.9 Å². The minimum absolute atomic E-state index is 0.700. The molecule has 1 aromatic heterocycles. The lowest BCUT2D eigenvalue weighted by molar-refractivity contribution is 0.329. The molecule has 1 N–H and O–H groups in total. The quantitative estimate of drug-likeness (QED) is 0.745. The summed E-state index contributed by atoms with van der Waals surface area (Å²) < 4.78 is 5.38. The molecule has 2 heteroatoms. The van der Waals surface area contributed by atoms with Crippen LogP contribution in [-0.2, 0) is 0 Å². The molecule has 0 bridgehead atoms. The Hall–Kier alpha value is -1.44. The number of nitrogens with one attached hydrogen (secondary N) is 1. The molecule has 0 saturated heterocycles. The second-order valence-corrected chi connectivity index (χ2v) is 3.16. The maximum absolute atomic E-state index is 5.38. The van der Waals surface area contributed by atoms with Gasteiger partial charge in [0.05, 0.1) is 6.61 Å². The van der Waals surface area contributed by atoms with E-state index in [0.29, 0.717) is 6.61 Å². The van der Waals surface area contributed by atoms with Gasteiger partial charge in [-0.3, -0.25) is 0 Å². The number of aromatic nitrogens is 1. The molecule has 2 nitrogen and oxygen atoms in total. The van der Waals surface area contributed by atoms with Crippen molar-refractivity contribution in [3.63, 3.8) is 0 Å². The number of ether oxygens (including phenoxy) is 1. The molecule has 0 aliphatic carbocycles. The van der Waals surface area contributed by atoms with Gasteiger partial charge in [0.15, 0.2) is 5.88 Å². The largest absolute Gasteiger partial charge is 0.479 e. The Morgan fingerprint density at radius 3 is 2.92 bits per heavy atom. The zero-order valence-corrected chi connectivity index (χ0v) is 7.92. The predicted molar refractivity (Wildman–Crippen MR) is 54.2 cm³/mol. The van der Waals surface area contributed by atoms with Gasteiger partial charge in [-0.05, 0) is 26.0 Å². The molecule has 0 fully saturated rings. The highest BCUT2D eigenvalue weighted by Gasteiger charge is 1.99. The number of hydrogen-bond acceptors (Lipinski definition) is 1. The summed E-state index contributed by atoms with van der Waals surface area (Å²) in [7, 11) is 0. The highest BCUT2D eigenvalue weighted by Crippen LogP contribution is 2.21. The second kappa shape index (κ2) is 3.13. The van der Waals surface area contributed by atoms with E-state index in [2.05, 4.69) is 30.1 Å². The SMILES string of the molecule is CCOc1cc2cc(C)ccc2[nH]1. The van der Waals surface area contributed by atoms with E-state index in [1.54, 1.807) is 0 Å². The molecule has 2 aromatic rings. The van der Waals surface area contributed by atoms with Crippen molar-refractivity contribution in [3.05, 3.63) is 29.8 Å². The number of benzene rings is 1. The summed E-state index contributed by atoms with van der Waals surface area (Å²) in [6.45, 7) is 4.77. The summed E-state index contributed by atoms with van der Waals surface area (Å²) in [6, 6.07) is 8.35. The normalized spacial score (nSPS) is 10.6. The van der Waals surface area contributed by atoms with Crippen molar-refractivity contribution in [1.29, 1.82) is 0 Å². The molecule has 0 unspecified atom stereocenters. The van der Waals surface area contributed by atoms with Crippen LogP contribution in [0.4, 0.5) is 0 Å². The van der Waals surface area contributed by atoms with Crippen LogP contribution < -0.4 is 4.74 Å². The van der Waals surface area contributed by atoms with E-state index in [0.717, 1.165) is 11.4 Å². The van der Waals surface area contributed by atoms with E-state index in [1.807, 2.05) is 13.0 Å². The molecule has 0 aliphatic heterocycles. The molecule has 0 atom stereocenters. The van der Waals surface area contributed by atoms with Gasteiger partial charge in [0, 0.05) is 17.0 Å². The Kier molecular flexibility index (Phi) is 1.97. The van der Waals surface area contributed by atoms with Gasteiger partial charge in [-0.1, -0.05) is 11.6 Å². The smallest absolute Gasteiger partial charge is 0.191 e. The van der Waals surface area contributed by atoms with Crippen LogP contribution in [-0.4, -0.2) is 11.6 Å². The summed E-state index contributed by atoms with van der Waals surface area (Å²) in [4.78, 5) is 3.20. The summed E-state index contributed by atoms with van der Waals surface area (Å²) in [6.07, 6.45) is 0. The maximum atomic E-state index is 5.38. The van der Waals surface area contributed by atoms with Crippen LogP contribution in [0.5, 0.6) is 5.88 Å². The van der Waals surface area contributed by atoms with Crippen LogP contribution in [0, 0.1) is 6.92 Å². The van der Waals surface area contributed by atoms with Crippen molar-refractivity contribution < 1.29 is 4.74 Å². The van der Waals surface area contributed by atoms with Crippen molar-refractivity contribution in [3.8, 4) is 5.88 Å². The summed E-state index contributed by atoms with van der Waals surface area (Å²) >= 11 is 0. The summed E-state index contributed by atoms with van der Waals surface area (Å²) in [5.41, 5.74) is 2.41. The fraction of sp³-hybridized carbons (Fsp3) is 0.273. The average Bonchev–Trinajstić information content (AvgIpc) is 2.46. The van der Waals surface area contributed by atoms with E-state index in [1.165, 1.54) is 10.9 Å². The fourth-order valence-corrected chi connectivity index (χ4v) is 1.46. The van der Waals surface area contributed by atoms with Crippen LogP contribution in [0.15, 0.2) is 24.3 Å². The molecule has 0 radical (unpaired) electrons. The number of hydrogen-bond donors (Lipinski definition) is 1. The zero-order chi connectivity index (χ0) is 9.26. The lowest BCUT2D eigenvalue weighted by Crippen LogP contribution is -1.89. The van der Waals surface area contributed by atoms with Gasteiger partial charge in [-0.15, -0.1) is 0 Å². The topological polar surface area (TPSA) is 25.0 Å². The highest BCUT2D eigenvalue weighted by molar-refractivity contribution is 5.81. The zero-order valence-electron chi connectivity index (χ0n) is 7.92. The molecule has 0 saturated carbocycles. The fourth-order valence-electron chi connectivity index (χ4n) is 1.46. The van der Waals surface area contributed by atoms with Crippen LogP contribution in [0.3, 0.4) is 0 Å². The van der Waals surface area contributed by atoms with Crippen LogP contribution in [0.2, 0.25) is 0 Å². The Morgan fingerprint density at radius 2 is 2.15 bits per heavy atom. The lowest BCUT2D eigenvalue weighted by Gasteiger charge is -1.95. The lowest BCUT2D eigenvalue weighted by atomic mass is 10.2. The van der Waals surface area contributed by atoms with Gasteiger partial charge in [0.1, 0.15) is 0 Å². The van der Waals surface area contributed by atoms with E-state index >= 15 is 0 Å². The van der Waals surface area contributed by atoms with E-state index in [4.69, 9.17) is 4.74 Å². The molecule has 1 aromatic carbocycles. The first kappa shape index (κ1) is 8.17. The molecular formula is C11H13NO. The average molecular weight is 175 g/mol. The Bertz CT molecular complexity index is 417. The standard InChI is InChI=1S/C11H13NO/c1-3-13-11-7-9-6-8(2)4-5-10(9)12-11/h4-7,12H,3H2,1-2H3. The third-order valence-electron chi connectivity index (χ3n) is 2.05. The number of aromatic amines is 1. The van der Waals surface area contributed by atoms with Gasteiger partial charge in [0.2, 0.25) is 0 Å². The predicted octanol–water partition coefficient (Wildman–Crippen LogP) is 2.88. The first-order chi connectivity index (χ1) is 6.29. The molecule has 1 heterocycles. The maximum Gasteiger partial charge on any atom is 0.191 e. The van der Waals surface area contributed by atoms with Gasteiger partial charge >= 0.3 is 0 Å². The van der Waals surface area contributed by atoms with E-state index in [-0.39, 0.29) is 0 Å². The van der Waals surface area contributed by atoms with Crippen molar-refractivity contribution in [2.24, 2.45) is 0 Å². The molecular weight excluding hydrogens is 162 g/mol. The Balaban J connectivity index is 2.49. The van der Waals surface area contributed by atoms with E-state index < -0.39 is 0 Å². The number of aryl methyl sites for hydroxylation is 1.